The van der Waals surface area contributed by atoms with Crippen molar-refractivity contribution < 1.29 is 0 Å². The molecular formula is C19H31N. The van der Waals surface area contributed by atoms with Gasteiger partial charge in [-0.2, -0.15) is 0 Å². The predicted octanol–water partition coefficient (Wildman–Crippen LogP) is 4.74. The van der Waals surface area contributed by atoms with Crippen LogP contribution in [0.4, 0.5) is 0 Å². The Morgan fingerprint density at radius 2 is 1.70 bits per heavy atom. The zero-order valence-corrected chi connectivity index (χ0v) is 13.3. The fourth-order valence-electron chi connectivity index (χ4n) is 3.43. The van der Waals surface area contributed by atoms with Gasteiger partial charge < -0.3 is 5.32 Å². The van der Waals surface area contributed by atoms with Gasteiger partial charge in [0.25, 0.3) is 0 Å². The Bertz CT molecular complexity index is 362. The fourth-order valence-corrected chi connectivity index (χ4v) is 3.43. The first kappa shape index (κ1) is 15.6. The standard InChI is InChI=1S/C19H31N/c1-3-13-20-19(14-17-7-5-6-8-17)15-18-11-9-16(4-2)10-12-18/h9-12,17,19-20H,3-8,13-15H2,1-2H3. The topological polar surface area (TPSA) is 12.0 Å². The van der Waals surface area contributed by atoms with Crippen LogP contribution in [0.15, 0.2) is 24.3 Å². The summed E-state index contributed by atoms with van der Waals surface area (Å²) < 4.78 is 0. The molecule has 1 aromatic rings. The lowest BCUT2D eigenvalue weighted by molar-refractivity contribution is 0.385. The van der Waals surface area contributed by atoms with E-state index in [1.165, 1.54) is 56.1 Å². The third kappa shape index (κ3) is 4.94. The molecule has 1 aliphatic rings. The van der Waals surface area contributed by atoms with Crippen LogP contribution in [0.25, 0.3) is 0 Å². The summed E-state index contributed by atoms with van der Waals surface area (Å²) in [4.78, 5) is 0. The summed E-state index contributed by atoms with van der Waals surface area (Å²) in [5, 5.41) is 3.77. The van der Waals surface area contributed by atoms with Gasteiger partial charge >= 0.3 is 0 Å². The lowest BCUT2D eigenvalue weighted by atomic mass is 9.93. The highest BCUT2D eigenvalue weighted by Crippen LogP contribution is 2.29. The Morgan fingerprint density at radius 3 is 2.30 bits per heavy atom. The van der Waals surface area contributed by atoms with Gasteiger partial charge in [0, 0.05) is 6.04 Å². The van der Waals surface area contributed by atoms with E-state index in [2.05, 4.69) is 43.4 Å². The molecule has 2 rings (SSSR count). The van der Waals surface area contributed by atoms with Crippen molar-refractivity contribution in [1.29, 1.82) is 0 Å². The van der Waals surface area contributed by atoms with Gasteiger partial charge in [0.05, 0.1) is 0 Å². The van der Waals surface area contributed by atoms with Crippen molar-refractivity contribution in [1.82, 2.24) is 5.32 Å². The summed E-state index contributed by atoms with van der Waals surface area (Å²) >= 11 is 0. The molecule has 0 saturated heterocycles. The predicted molar refractivity (Wildman–Crippen MR) is 88.2 cm³/mol. The average Bonchev–Trinajstić information content (AvgIpc) is 2.98. The smallest absolute Gasteiger partial charge is 0.0110 e. The van der Waals surface area contributed by atoms with E-state index in [0.29, 0.717) is 6.04 Å². The van der Waals surface area contributed by atoms with E-state index >= 15 is 0 Å². The van der Waals surface area contributed by atoms with Crippen molar-refractivity contribution in [2.45, 2.75) is 71.3 Å². The molecule has 0 amide bonds. The molecule has 0 aromatic heterocycles. The van der Waals surface area contributed by atoms with Crippen LogP contribution in [0.1, 0.15) is 63.5 Å². The molecule has 0 spiro atoms. The van der Waals surface area contributed by atoms with Gasteiger partial charge in [0.1, 0.15) is 0 Å². The second-order valence-corrected chi connectivity index (χ2v) is 6.41. The normalized spacial score (nSPS) is 17.5. The first-order valence-electron chi connectivity index (χ1n) is 8.63. The number of benzene rings is 1. The van der Waals surface area contributed by atoms with Crippen molar-refractivity contribution in [3.05, 3.63) is 35.4 Å². The molecule has 0 bridgehead atoms. The first-order valence-corrected chi connectivity index (χ1v) is 8.63. The second kappa shape index (κ2) is 8.46. The van der Waals surface area contributed by atoms with Crippen LogP contribution in [0, 0.1) is 5.92 Å². The minimum absolute atomic E-state index is 0.672. The molecule has 20 heavy (non-hydrogen) atoms. The molecule has 0 radical (unpaired) electrons. The van der Waals surface area contributed by atoms with E-state index in [4.69, 9.17) is 0 Å². The Labute approximate surface area is 125 Å². The average molecular weight is 273 g/mol. The van der Waals surface area contributed by atoms with Gasteiger partial charge in [-0.05, 0) is 49.3 Å². The van der Waals surface area contributed by atoms with Gasteiger partial charge in [0.15, 0.2) is 0 Å². The highest BCUT2D eigenvalue weighted by molar-refractivity contribution is 5.23. The molecule has 1 N–H and O–H groups in total. The number of hydrogen-bond donors (Lipinski definition) is 1. The maximum Gasteiger partial charge on any atom is 0.0110 e. The summed E-state index contributed by atoms with van der Waals surface area (Å²) in [5.41, 5.74) is 2.94. The fraction of sp³-hybridized carbons (Fsp3) is 0.684. The molecule has 1 aliphatic carbocycles. The van der Waals surface area contributed by atoms with E-state index in [0.717, 1.165) is 18.9 Å². The number of rotatable bonds is 8. The van der Waals surface area contributed by atoms with Crippen LogP contribution in [0.3, 0.4) is 0 Å². The lowest BCUT2D eigenvalue weighted by Crippen LogP contribution is -2.33. The Kier molecular flexibility index (Phi) is 6.59. The van der Waals surface area contributed by atoms with E-state index in [-0.39, 0.29) is 0 Å². The van der Waals surface area contributed by atoms with E-state index in [1.54, 1.807) is 0 Å². The summed E-state index contributed by atoms with van der Waals surface area (Å²) in [6.45, 7) is 5.64. The highest BCUT2D eigenvalue weighted by atomic mass is 14.9. The third-order valence-corrected chi connectivity index (χ3v) is 4.69. The number of aryl methyl sites for hydroxylation is 1. The molecule has 1 fully saturated rings. The highest BCUT2D eigenvalue weighted by Gasteiger charge is 2.20. The van der Waals surface area contributed by atoms with Crippen molar-refractivity contribution in [3.63, 3.8) is 0 Å². The Balaban J connectivity index is 1.90. The van der Waals surface area contributed by atoms with Crippen LogP contribution >= 0.6 is 0 Å². The first-order chi connectivity index (χ1) is 9.81. The molecular weight excluding hydrogens is 242 g/mol. The zero-order chi connectivity index (χ0) is 14.2. The minimum Gasteiger partial charge on any atom is -0.314 e. The molecule has 1 atom stereocenters. The largest absolute Gasteiger partial charge is 0.314 e. The molecule has 1 saturated carbocycles. The zero-order valence-electron chi connectivity index (χ0n) is 13.3. The van der Waals surface area contributed by atoms with Crippen LogP contribution in [0.2, 0.25) is 0 Å². The van der Waals surface area contributed by atoms with Gasteiger partial charge in [-0.3, -0.25) is 0 Å². The van der Waals surface area contributed by atoms with Crippen molar-refractivity contribution in [3.8, 4) is 0 Å². The van der Waals surface area contributed by atoms with Crippen LogP contribution in [-0.4, -0.2) is 12.6 Å². The van der Waals surface area contributed by atoms with Gasteiger partial charge in [-0.25, -0.2) is 0 Å². The van der Waals surface area contributed by atoms with Crippen LogP contribution in [0.5, 0.6) is 0 Å². The third-order valence-electron chi connectivity index (χ3n) is 4.69. The van der Waals surface area contributed by atoms with Crippen molar-refractivity contribution >= 4 is 0 Å². The quantitative estimate of drug-likeness (QED) is 0.721. The van der Waals surface area contributed by atoms with Crippen molar-refractivity contribution in [2.24, 2.45) is 5.92 Å². The summed E-state index contributed by atoms with van der Waals surface area (Å²) in [6.07, 6.45) is 10.8. The van der Waals surface area contributed by atoms with Gasteiger partial charge in [0.2, 0.25) is 0 Å². The lowest BCUT2D eigenvalue weighted by Gasteiger charge is -2.22. The molecule has 0 aliphatic heterocycles. The van der Waals surface area contributed by atoms with E-state index in [9.17, 15) is 0 Å². The minimum atomic E-state index is 0.672. The Morgan fingerprint density at radius 1 is 1.05 bits per heavy atom. The van der Waals surface area contributed by atoms with E-state index < -0.39 is 0 Å². The second-order valence-electron chi connectivity index (χ2n) is 6.41. The molecule has 112 valence electrons. The number of hydrogen-bond acceptors (Lipinski definition) is 1. The summed E-state index contributed by atoms with van der Waals surface area (Å²) in [5.74, 6) is 0.972. The Hall–Kier alpha value is -0.820. The molecule has 1 aromatic carbocycles. The maximum absolute atomic E-state index is 3.77. The molecule has 0 heterocycles. The molecule has 1 unspecified atom stereocenters. The van der Waals surface area contributed by atoms with Crippen molar-refractivity contribution in [2.75, 3.05) is 6.54 Å². The summed E-state index contributed by atoms with van der Waals surface area (Å²) in [6, 6.07) is 9.91. The van der Waals surface area contributed by atoms with Gasteiger partial charge in [-0.1, -0.05) is 63.8 Å². The maximum atomic E-state index is 3.77. The van der Waals surface area contributed by atoms with Crippen LogP contribution < -0.4 is 5.32 Å². The molecule has 1 heteroatoms. The monoisotopic (exact) mass is 273 g/mol. The SMILES string of the molecule is CCCNC(Cc1ccc(CC)cc1)CC1CCCC1. The van der Waals surface area contributed by atoms with E-state index in [1.807, 2.05) is 0 Å². The van der Waals surface area contributed by atoms with Crippen LogP contribution in [-0.2, 0) is 12.8 Å². The molecule has 1 nitrogen and oxygen atoms in total. The van der Waals surface area contributed by atoms with Gasteiger partial charge in [-0.15, -0.1) is 0 Å². The summed E-state index contributed by atoms with van der Waals surface area (Å²) in [7, 11) is 0. The number of nitrogens with one attached hydrogen (secondary N) is 1.